The molecule has 0 saturated heterocycles. The van der Waals surface area contributed by atoms with Gasteiger partial charge >= 0.3 is 0 Å². The second kappa shape index (κ2) is 5.18. The Morgan fingerprint density at radius 3 is 1.81 bits per heavy atom. The number of hydrogen-bond donors (Lipinski definition) is 1. The summed E-state index contributed by atoms with van der Waals surface area (Å²) >= 11 is 0. The number of nitrogens with one attached hydrogen (secondary N) is 1. The maximum absolute atomic E-state index is 13.2. The Labute approximate surface area is 91.5 Å². The van der Waals surface area contributed by atoms with Crippen LogP contribution in [0.3, 0.4) is 0 Å². The molecule has 0 atom stereocenters. The van der Waals surface area contributed by atoms with E-state index >= 15 is 0 Å². The van der Waals surface area contributed by atoms with Crippen molar-refractivity contribution >= 4 is 5.69 Å². The summed E-state index contributed by atoms with van der Waals surface area (Å²) in [4.78, 5) is 0. The largest absolute Gasteiger partial charge is 0.377 e. The van der Waals surface area contributed by atoms with Crippen molar-refractivity contribution in [2.75, 3.05) is 5.32 Å². The Morgan fingerprint density at radius 1 is 1.00 bits per heavy atom. The molecular formula is C11H13F4N. The van der Waals surface area contributed by atoms with Gasteiger partial charge in [0.2, 0.25) is 0 Å². The molecule has 90 valence electrons. The van der Waals surface area contributed by atoms with Crippen LogP contribution in [0.15, 0.2) is 6.07 Å². The van der Waals surface area contributed by atoms with Crippen LogP contribution in [0, 0.1) is 23.3 Å². The van der Waals surface area contributed by atoms with Crippen molar-refractivity contribution in [3.8, 4) is 0 Å². The molecule has 0 saturated carbocycles. The Balaban J connectivity index is 3.11. The summed E-state index contributed by atoms with van der Waals surface area (Å²) in [5.41, 5.74) is -0.730. The lowest BCUT2D eigenvalue weighted by Gasteiger charge is -2.17. The Hall–Kier alpha value is -1.26. The van der Waals surface area contributed by atoms with Crippen LogP contribution in [0.25, 0.3) is 0 Å². The van der Waals surface area contributed by atoms with Crippen LogP contribution >= 0.6 is 0 Å². The summed E-state index contributed by atoms with van der Waals surface area (Å²) in [6.45, 7) is 3.62. The molecule has 0 fully saturated rings. The molecule has 1 N–H and O–H groups in total. The SMILES string of the molecule is CCC(CC)Nc1c(F)c(F)cc(F)c1F. The van der Waals surface area contributed by atoms with Crippen LogP contribution in [0.5, 0.6) is 0 Å². The zero-order valence-corrected chi connectivity index (χ0v) is 9.08. The number of benzene rings is 1. The lowest BCUT2D eigenvalue weighted by Crippen LogP contribution is -2.19. The van der Waals surface area contributed by atoms with Crippen LogP contribution in [-0.4, -0.2) is 6.04 Å². The van der Waals surface area contributed by atoms with E-state index in [-0.39, 0.29) is 12.1 Å². The molecule has 0 aliphatic rings. The van der Waals surface area contributed by atoms with Crippen molar-refractivity contribution < 1.29 is 17.6 Å². The zero-order valence-electron chi connectivity index (χ0n) is 9.08. The van der Waals surface area contributed by atoms with Gasteiger partial charge in [0.1, 0.15) is 5.69 Å². The van der Waals surface area contributed by atoms with E-state index < -0.39 is 29.0 Å². The fourth-order valence-corrected chi connectivity index (χ4v) is 1.40. The van der Waals surface area contributed by atoms with Crippen LogP contribution in [0.4, 0.5) is 23.2 Å². The van der Waals surface area contributed by atoms with Gasteiger partial charge in [-0.15, -0.1) is 0 Å². The van der Waals surface area contributed by atoms with Crippen LogP contribution in [-0.2, 0) is 0 Å². The first-order valence-electron chi connectivity index (χ1n) is 5.10. The highest BCUT2D eigenvalue weighted by atomic mass is 19.2. The minimum Gasteiger partial charge on any atom is -0.377 e. The molecule has 1 nitrogen and oxygen atoms in total. The maximum Gasteiger partial charge on any atom is 0.185 e. The third kappa shape index (κ3) is 2.46. The highest BCUT2D eigenvalue weighted by Crippen LogP contribution is 2.25. The number of anilines is 1. The molecule has 0 aliphatic carbocycles. The molecule has 0 aromatic heterocycles. The van der Waals surface area contributed by atoms with Gasteiger partial charge in [0.05, 0.1) is 0 Å². The van der Waals surface area contributed by atoms with Gasteiger partial charge in [-0.2, -0.15) is 0 Å². The summed E-state index contributed by atoms with van der Waals surface area (Å²) in [6.07, 6.45) is 1.21. The van der Waals surface area contributed by atoms with E-state index in [2.05, 4.69) is 5.32 Å². The predicted octanol–water partition coefficient (Wildman–Crippen LogP) is 3.84. The summed E-state index contributed by atoms with van der Waals surface area (Å²) in [6, 6.07) is -0.0202. The van der Waals surface area contributed by atoms with Gasteiger partial charge < -0.3 is 5.32 Å². The molecular weight excluding hydrogens is 222 g/mol. The van der Waals surface area contributed by atoms with Crippen LogP contribution < -0.4 is 5.32 Å². The van der Waals surface area contributed by atoms with E-state index in [1.54, 1.807) is 0 Å². The van der Waals surface area contributed by atoms with Crippen molar-refractivity contribution in [2.45, 2.75) is 32.7 Å². The lowest BCUT2D eigenvalue weighted by atomic mass is 10.1. The molecule has 16 heavy (non-hydrogen) atoms. The third-order valence-electron chi connectivity index (χ3n) is 2.45. The summed E-state index contributed by atoms with van der Waals surface area (Å²) in [5.74, 6) is -5.56. The smallest absolute Gasteiger partial charge is 0.185 e. The lowest BCUT2D eigenvalue weighted by molar-refractivity contribution is 0.455. The van der Waals surface area contributed by atoms with Gasteiger partial charge in [-0.3, -0.25) is 0 Å². The molecule has 0 bridgehead atoms. The normalized spacial score (nSPS) is 10.9. The van der Waals surface area contributed by atoms with Crippen LogP contribution in [0.1, 0.15) is 26.7 Å². The van der Waals surface area contributed by atoms with Crippen molar-refractivity contribution in [3.63, 3.8) is 0 Å². The van der Waals surface area contributed by atoms with Gasteiger partial charge in [-0.25, -0.2) is 17.6 Å². The Morgan fingerprint density at radius 2 is 1.44 bits per heavy atom. The van der Waals surface area contributed by atoms with Crippen molar-refractivity contribution in [1.29, 1.82) is 0 Å². The van der Waals surface area contributed by atoms with E-state index in [0.29, 0.717) is 12.8 Å². The quantitative estimate of drug-likeness (QED) is 0.617. The monoisotopic (exact) mass is 235 g/mol. The summed E-state index contributed by atoms with van der Waals surface area (Å²) in [5, 5.41) is 2.47. The molecule has 0 spiro atoms. The summed E-state index contributed by atoms with van der Waals surface area (Å²) in [7, 11) is 0. The average molecular weight is 235 g/mol. The molecule has 1 aromatic carbocycles. The number of hydrogen-bond acceptors (Lipinski definition) is 1. The number of rotatable bonds is 4. The first-order chi connectivity index (χ1) is 7.51. The van der Waals surface area contributed by atoms with Gasteiger partial charge in [-0.1, -0.05) is 13.8 Å². The van der Waals surface area contributed by atoms with E-state index in [0.717, 1.165) is 0 Å². The minimum atomic E-state index is -1.40. The molecule has 1 aromatic rings. The highest BCUT2D eigenvalue weighted by molar-refractivity contribution is 5.48. The minimum absolute atomic E-state index is 0.197. The molecule has 1 rings (SSSR count). The second-order valence-electron chi connectivity index (χ2n) is 3.50. The standard InChI is InChI=1S/C11H13F4N/c1-3-6(4-2)16-11-9(14)7(12)5-8(13)10(11)15/h5-6,16H,3-4H2,1-2H3. The fraction of sp³-hybridized carbons (Fsp3) is 0.455. The van der Waals surface area contributed by atoms with Gasteiger partial charge in [-0.05, 0) is 12.8 Å². The highest BCUT2D eigenvalue weighted by Gasteiger charge is 2.20. The maximum atomic E-state index is 13.2. The first-order valence-corrected chi connectivity index (χ1v) is 5.10. The second-order valence-corrected chi connectivity index (χ2v) is 3.50. The van der Waals surface area contributed by atoms with Crippen LogP contribution in [0.2, 0.25) is 0 Å². The van der Waals surface area contributed by atoms with E-state index in [1.807, 2.05) is 13.8 Å². The molecule has 0 heterocycles. The van der Waals surface area contributed by atoms with E-state index in [9.17, 15) is 17.6 Å². The van der Waals surface area contributed by atoms with Gasteiger partial charge in [0.15, 0.2) is 23.3 Å². The topological polar surface area (TPSA) is 12.0 Å². The zero-order chi connectivity index (χ0) is 12.3. The first kappa shape index (κ1) is 12.8. The predicted molar refractivity (Wildman–Crippen MR) is 54.3 cm³/mol. The molecule has 5 heteroatoms. The number of halogens is 4. The fourth-order valence-electron chi connectivity index (χ4n) is 1.40. The van der Waals surface area contributed by atoms with Crippen molar-refractivity contribution in [1.82, 2.24) is 0 Å². The van der Waals surface area contributed by atoms with Crippen molar-refractivity contribution in [3.05, 3.63) is 29.3 Å². The molecule has 0 amide bonds. The third-order valence-corrected chi connectivity index (χ3v) is 2.45. The molecule has 0 aliphatic heterocycles. The van der Waals surface area contributed by atoms with Gasteiger partial charge in [0, 0.05) is 12.1 Å². The Bertz CT molecular complexity index is 348. The molecule has 0 radical (unpaired) electrons. The van der Waals surface area contributed by atoms with Crippen molar-refractivity contribution in [2.24, 2.45) is 0 Å². The van der Waals surface area contributed by atoms with E-state index in [4.69, 9.17) is 0 Å². The summed E-state index contributed by atoms with van der Waals surface area (Å²) < 4.78 is 52.2. The average Bonchev–Trinajstić information content (AvgIpc) is 2.27. The molecule has 0 unspecified atom stereocenters. The van der Waals surface area contributed by atoms with Gasteiger partial charge in [0.25, 0.3) is 0 Å². The van der Waals surface area contributed by atoms with E-state index in [1.165, 1.54) is 0 Å². The Kier molecular flexibility index (Phi) is 4.15.